The molecule has 3 aromatic rings. The number of rotatable bonds is 2. The molecule has 4 rings (SSSR count). The van der Waals surface area contributed by atoms with Gasteiger partial charge in [0.25, 0.3) is 0 Å². The van der Waals surface area contributed by atoms with Gasteiger partial charge in [-0.25, -0.2) is 4.98 Å². The Morgan fingerprint density at radius 3 is 2.50 bits per heavy atom. The Bertz CT molecular complexity index is 996. The number of hydrogen-bond acceptors (Lipinski definition) is 4. The molecule has 2 heterocycles. The number of amides is 1. The van der Waals surface area contributed by atoms with E-state index in [0.717, 1.165) is 33.7 Å². The Kier molecular flexibility index (Phi) is 3.73. The number of primary amides is 1. The molecule has 3 N–H and O–H groups in total. The van der Waals surface area contributed by atoms with Crippen molar-refractivity contribution in [2.45, 2.75) is 25.0 Å². The van der Waals surface area contributed by atoms with E-state index in [-0.39, 0.29) is 6.04 Å². The summed E-state index contributed by atoms with van der Waals surface area (Å²) < 4.78 is 2.02. The molecule has 0 saturated carbocycles. The fourth-order valence-electron chi connectivity index (χ4n) is 4.13. The van der Waals surface area contributed by atoms with Crippen LogP contribution in [0.2, 0.25) is 0 Å². The summed E-state index contributed by atoms with van der Waals surface area (Å²) in [5.41, 5.74) is 10.0. The van der Waals surface area contributed by atoms with Gasteiger partial charge in [-0.1, -0.05) is 36.4 Å². The average Bonchev–Trinajstić information content (AvgIpc) is 2.90. The third kappa shape index (κ3) is 2.22. The summed E-state index contributed by atoms with van der Waals surface area (Å²) in [5, 5.41) is 11.0. The van der Waals surface area contributed by atoms with E-state index in [1.807, 2.05) is 73.0 Å². The molecule has 26 heavy (non-hydrogen) atoms. The molecule has 0 bridgehead atoms. The molecule has 0 saturated heterocycles. The summed E-state index contributed by atoms with van der Waals surface area (Å²) in [6.45, 7) is 1.95. The van der Waals surface area contributed by atoms with Gasteiger partial charge in [-0.05, 0) is 24.1 Å². The monoisotopic (exact) mass is 350 g/mol. The number of fused-ring (bicyclic) bond motifs is 3. The van der Waals surface area contributed by atoms with Crippen LogP contribution in [0, 0.1) is 6.92 Å². The number of imidazole rings is 1. The van der Waals surface area contributed by atoms with Crippen LogP contribution in [0.15, 0.2) is 42.5 Å². The zero-order valence-electron chi connectivity index (χ0n) is 15.0. The molecule has 1 aliphatic rings. The molecule has 2 aromatic carbocycles. The second-order valence-corrected chi connectivity index (χ2v) is 6.93. The highest BCUT2D eigenvalue weighted by Crippen LogP contribution is 2.46. The van der Waals surface area contributed by atoms with Crippen molar-refractivity contribution < 1.29 is 9.90 Å². The second kappa shape index (κ2) is 5.85. The molecule has 1 aromatic heterocycles. The molecule has 0 aliphatic carbocycles. The first-order valence-electron chi connectivity index (χ1n) is 8.63. The standard InChI is InChI=1S/C20H22N4O2/c1-11-22-16-14(23(11)2)10-9-13-15(20(21)26)19(25)17(24(3)18(13)16)12-7-5-4-6-8-12/h4-10,15,17,19,25H,1-3H3,(H2,21,26)/t15-,17-,19+/m1/s1. The Balaban J connectivity index is 2.01. The van der Waals surface area contributed by atoms with E-state index < -0.39 is 17.9 Å². The van der Waals surface area contributed by atoms with Crippen LogP contribution in [-0.2, 0) is 11.8 Å². The number of aryl methyl sites for hydroxylation is 2. The van der Waals surface area contributed by atoms with Crippen molar-refractivity contribution in [3.63, 3.8) is 0 Å². The van der Waals surface area contributed by atoms with E-state index in [4.69, 9.17) is 10.7 Å². The van der Waals surface area contributed by atoms with Gasteiger partial charge in [0, 0.05) is 14.1 Å². The number of hydrogen-bond donors (Lipinski definition) is 2. The van der Waals surface area contributed by atoms with Gasteiger partial charge in [0.2, 0.25) is 5.91 Å². The fourth-order valence-corrected chi connectivity index (χ4v) is 4.13. The van der Waals surface area contributed by atoms with Gasteiger partial charge in [0.1, 0.15) is 11.3 Å². The molecule has 1 aliphatic heterocycles. The Labute approximate surface area is 151 Å². The summed E-state index contributed by atoms with van der Waals surface area (Å²) in [5.74, 6) is -0.419. The molecule has 0 unspecified atom stereocenters. The molecule has 0 fully saturated rings. The minimum atomic E-state index is -0.936. The van der Waals surface area contributed by atoms with Crippen LogP contribution in [0.4, 0.5) is 5.69 Å². The number of carbonyl (C=O) groups excluding carboxylic acids is 1. The number of aromatic nitrogens is 2. The van der Waals surface area contributed by atoms with Gasteiger partial charge < -0.3 is 20.3 Å². The van der Waals surface area contributed by atoms with Crippen LogP contribution < -0.4 is 10.6 Å². The Morgan fingerprint density at radius 2 is 1.85 bits per heavy atom. The number of aliphatic hydroxyl groups excluding tert-OH is 1. The van der Waals surface area contributed by atoms with Crippen LogP contribution in [0.5, 0.6) is 0 Å². The first kappa shape index (κ1) is 16.6. The predicted molar refractivity (Wildman–Crippen MR) is 101 cm³/mol. The number of likely N-dealkylation sites (N-methyl/N-ethyl adjacent to an activating group) is 1. The predicted octanol–water partition coefficient (Wildman–Crippen LogP) is 2.00. The lowest BCUT2D eigenvalue weighted by atomic mass is 9.80. The molecule has 0 spiro atoms. The highest BCUT2D eigenvalue weighted by atomic mass is 16.3. The van der Waals surface area contributed by atoms with Gasteiger partial charge in [0.15, 0.2) is 0 Å². The minimum absolute atomic E-state index is 0.380. The third-order valence-electron chi connectivity index (χ3n) is 5.50. The van der Waals surface area contributed by atoms with Crippen LogP contribution in [-0.4, -0.2) is 33.7 Å². The van der Waals surface area contributed by atoms with E-state index in [1.54, 1.807) is 0 Å². The first-order valence-corrected chi connectivity index (χ1v) is 8.63. The molecule has 0 radical (unpaired) electrons. The lowest BCUT2D eigenvalue weighted by Gasteiger charge is -2.43. The van der Waals surface area contributed by atoms with Gasteiger partial charge in [-0.15, -0.1) is 0 Å². The van der Waals surface area contributed by atoms with Gasteiger partial charge >= 0.3 is 0 Å². The molecular formula is C20H22N4O2. The van der Waals surface area contributed by atoms with Crippen LogP contribution in [0.3, 0.4) is 0 Å². The number of nitrogens with two attached hydrogens (primary N) is 1. The number of benzene rings is 2. The van der Waals surface area contributed by atoms with E-state index in [1.165, 1.54) is 0 Å². The van der Waals surface area contributed by atoms with Crippen molar-refractivity contribution in [2.24, 2.45) is 12.8 Å². The SMILES string of the molecule is Cc1nc2c3c(ccc2n1C)[C@@H](C(N)=O)[C@H](O)[C@@H](c1ccccc1)N3C. The largest absolute Gasteiger partial charge is 0.389 e. The maximum atomic E-state index is 12.2. The molecule has 6 heteroatoms. The van der Waals surface area contributed by atoms with Crippen molar-refractivity contribution in [3.05, 3.63) is 59.4 Å². The third-order valence-corrected chi connectivity index (χ3v) is 5.50. The lowest BCUT2D eigenvalue weighted by molar-refractivity contribution is -0.122. The van der Waals surface area contributed by atoms with Gasteiger partial charge in [0.05, 0.1) is 29.3 Å². The maximum absolute atomic E-state index is 12.2. The van der Waals surface area contributed by atoms with Crippen molar-refractivity contribution in [3.8, 4) is 0 Å². The lowest BCUT2D eigenvalue weighted by Crippen LogP contribution is -2.46. The summed E-state index contributed by atoms with van der Waals surface area (Å²) in [6.07, 6.45) is -0.936. The van der Waals surface area contributed by atoms with E-state index in [2.05, 4.69) is 0 Å². The first-order chi connectivity index (χ1) is 12.4. The summed E-state index contributed by atoms with van der Waals surface area (Å²) >= 11 is 0. The minimum Gasteiger partial charge on any atom is -0.389 e. The zero-order valence-corrected chi connectivity index (χ0v) is 15.0. The molecular weight excluding hydrogens is 328 g/mol. The number of nitrogens with zero attached hydrogens (tertiary/aromatic N) is 3. The molecule has 134 valence electrons. The quantitative estimate of drug-likeness (QED) is 0.740. The second-order valence-electron chi connectivity index (χ2n) is 6.93. The molecule has 6 nitrogen and oxygen atoms in total. The highest BCUT2D eigenvalue weighted by Gasteiger charge is 2.43. The number of carbonyl (C=O) groups is 1. The normalized spacial score (nSPS) is 22.5. The smallest absolute Gasteiger partial charge is 0.227 e. The van der Waals surface area contributed by atoms with Crippen molar-refractivity contribution in [1.29, 1.82) is 0 Å². The zero-order chi connectivity index (χ0) is 18.6. The van der Waals surface area contributed by atoms with Gasteiger partial charge in [-0.3, -0.25) is 4.79 Å². The topological polar surface area (TPSA) is 84.4 Å². The number of aliphatic hydroxyl groups is 1. The van der Waals surface area contributed by atoms with E-state index in [0.29, 0.717) is 0 Å². The van der Waals surface area contributed by atoms with E-state index >= 15 is 0 Å². The number of anilines is 1. The highest BCUT2D eigenvalue weighted by molar-refractivity contribution is 5.96. The maximum Gasteiger partial charge on any atom is 0.227 e. The van der Waals surface area contributed by atoms with Crippen molar-refractivity contribution >= 4 is 22.6 Å². The molecule has 3 atom stereocenters. The van der Waals surface area contributed by atoms with Crippen molar-refractivity contribution in [1.82, 2.24) is 9.55 Å². The summed E-state index contributed by atoms with van der Waals surface area (Å²) in [4.78, 5) is 19.0. The van der Waals surface area contributed by atoms with E-state index in [9.17, 15) is 9.90 Å². The van der Waals surface area contributed by atoms with Gasteiger partial charge in [-0.2, -0.15) is 0 Å². The average molecular weight is 350 g/mol. The van der Waals surface area contributed by atoms with Crippen LogP contribution in [0.1, 0.15) is 28.9 Å². The Hall–Kier alpha value is -2.86. The summed E-state index contributed by atoms with van der Waals surface area (Å²) in [7, 11) is 3.90. The molecule has 1 amide bonds. The summed E-state index contributed by atoms with van der Waals surface area (Å²) in [6, 6.07) is 13.1. The van der Waals surface area contributed by atoms with Crippen molar-refractivity contribution in [2.75, 3.05) is 11.9 Å². The van der Waals surface area contributed by atoms with Crippen LogP contribution in [0.25, 0.3) is 11.0 Å². The van der Waals surface area contributed by atoms with Crippen LogP contribution >= 0.6 is 0 Å². The fraction of sp³-hybridized carbons (Fsp3) is 0.300. The Morgan fingerprint density at radius 1 is 1.15 bits per heavy atom.